The Labute approximate surface area is 107 Å². The number of nitrogens with zero attached hydrogens (tertiary/aromatic N) is 3. The quantitative estimate of drug-likeness (QED) is 0.610. The molecule has 0 N–H and O–H groups in total. The second kappa shape index (κ2) is 4.97. The normalized spacial score (nSPS) is 10.6. The fourth-order valence-electron chi connectivity index (χ4n) is 1.67. The summed E-state index contributed by atoms with van der Waals surface area (Å²) in [5.74, 6) is -0.103. The van der Waals surface area contributed by atoms with Gasteiger partial charge in [0.2, 0.25) is 0 Å². The zero-order valence-corrected chi connectivity index (χ0v) is 10.2. The fraction of sp³-hybridized carbons (Fsp3) is 0.250. The maximum Gasteiger partial charge on any atom is 0.270 e. The summed E-state index contributed by atoms with van der Waals surface area (Å²) in [5, 5.41) is 10.8. The van der Waals surface area contributed by atoms with Gasteiger partial charge in [-0.2, -0.15) is 0 Å². The highest BCUT2D eigenvalue weighted by atomic mass is 16.6. The number of fused-ring (bicyclic) bond motifs is 1. The lowest BCUT2D eigenvalue weighted by Crippen LogP contribution is -2.24. The van der Waals surface area contributed by atoms with Gasteiger partial charge in [0.25, 0.3) is 11.2 Å². The Hall–Kier alpha value is -2.57. The molecule has 1 aromatic heterocycles. The van der Waals surface area contributed by atoms with Gasteiger partial charge >= 0.3 is 0 Å². The molecule has 1 aromatic carbocycles. The lowest BCUT2D eigenvalue weighted by atomic mass is 10.2. The summed E-state index contributed by atoms with van der Waals surface area (Å²) in [6.07, 6.45) is 1.60. The van der Waals surface area contributed by atoms with E-state index in [2.05, 4.69) is 4.98 Å². The molecule has 0 aliphatic heterocycles. The first kappa shape index (κ1) is 12.9. The van der Waals surface area contributed by atoms with Gasteiger partial charge in [0.05, 0.1) is 28.7 Å². The molecule has 7 heteroatoms. The molecule has 0 aliphatic rings. The molecule has 0 atom stereocenters. The number of rotatable bonds is 4. The van der Waals surface area contributed by atoms with Crippen molar-refractivity contribution in [3.8, 4) is 0 Å². The summed E-state index contributed by atoms with van der Waals surface area (Å²) in [6, 6.07) is 3.88. The molecule has 0 spiro atoms. The molecule has 2 rings (SSSR count). The van der Waals surface area contributed by atoms with Gasteiger partial charge in [0.1, 0.15) is 0 Å². The van der Waals surface area contributed by atoms with Crippen LogP contribution in [0, 0.1) is 10.1 Å². The highest BCUT2D eigenvalue weighted by Crippen LogP contribution is 2.16. The first-order valence-corrected chi connectivity index (χ1v) is 5.68. The maximum atomic E-state index is 12.1. The van der Waals surface area contributed by atoms with E-state index in [9.17, 15) is 19.7 Å². The van der Waals surface area contributed by atoms with Crippen LogP contribution in [0.2, 0.25) is 0 Å². The summed E-state index contributed by atoms with van der Waals surface area (Å²) in [7, 11) is 0. The third-order valence-electron chi connectivity index (χ3n) is 2.76. The third-order valence-corrected chi connectivity index (χ3v) is 2.76. The Balaban J connectivity index is 2.59. The van der Waals surface area contributed by atoms with E-state index in [0.29, 0.717) is 11.9 Å². The Morgan fingerprint density at radius 3 is 2.84 bits per heavy atom. The average molecular weight is 261 g/mol. The smallest absolute Gasteiger partial charge is 0.270 e. The minimum atomic E-state index is -0.576. The lowest BCUT2D eigenvalue weighted by molar-refractivity contribution is -0.384. The van der Waals surface area contributed by atoms with Crippen LogP contribution in [-0.4, -0.2) is 20.3 Å². The number of Topliss-reactive ketones (excluding diaryl/α,β-unsaturated/α-hetero) is 1. The van der Waals surface area contributed by atoms with Crippen molar-refractivity contribution in [2.45, 2.75) is 19.9 Å². The van der Waals surface area contributed by atoms with Crippen LogP contribution in [0.3, 0.4) is 0 Å². The molecular weight excluding hydrogens is 250 g/mol. The highest BCUT2D eigenvalue weighted by Gasteiger charge is 2.11. The van der Waals surface area contributed by atoms with Crippen molar-refractivity contribution >= 4 is 22.4 Å². The van der Waals surface area contributed by atoms with Gasteiger partial charge in [-0.15, -0.1) is 0 Å². The Morgan fingerprint density at radius 2 is 2.21 bits per heavy atom. The Bertz CT molecular complexity index is 720. The van der Waals surface area contributed by atoms with Crippen LogP contribution in [-0.2, 0) is 11.3 Å². The van der Waals surface area contributed by atoms with Crippen molar-refractivity contribution in [1.82, 2.24) is 9.55 Å². The van der Waals surface area contributed by atoms with Gasteiger partial charge in [-0.1, -0.05) is 6.92 Å². The first-order chi connectivity index (χ1) is 9.02. The van der Waals surface area contributed by atoms with E-state index in [-0.39, 0.29) is 23.4 Å². The number of carbonyl (C=O) groups excluding carboxylic acids is 1. The molecule has 0 saturated heterocycles. The summed E-state index contributed by atoms with van der Waals surface area (Å²) >= 11 is 0. The molecule has 1 heterocycles. The molecule has 98 valence electrons. The zero-order chi connectivity index (χ0) is 14.0. The van der Waals surface area contributed by atoms with Crippen LogP contribution in [0.15, 0.2) is 29.3 Å². The van der Waals surface area contributed by atoms with Gasteiger partial charge in [0, 0.05) is 18.6 Å². The topological polar surface area (TPSA) is 95.1 Å². The lowest BCUT2D eigenvalue weighted by Gasteiger charge is -2.04. The molecule has 0 radical (unpaired) electrons. The van der Waals surface area contributed by atoms with Crippen molar-refractivity contribution in [1.29, 1.82) is 0 Å². The number of carbonyl (C=O) groups is 1. The molecule has 0 amide bonds. The summed E-state index contributed by atoms with van der Waals surface area (Å²) < 4.78 is 1.16. The van der Waals surface area contributed by atoms with E-state index >= 15 is 0 Å². The Kier molecular flexibility index (Phi) is 3.37. The van der Waals surface area contributed by atoms with E-state index in [1.807, 2.05) is 0 Å². The highest BCUT2D eigenvalue weighted by molar-refractivity contribution is 5.81. The standard InChI is InChI=1S/C12H11N3O4/c1-2-9(16)6-14-7-13-11-4-3-8(15(18)19)5-10(11)12(14)17/h3-5,7H,2,6H2,1H3. The van der Waals surface area contributed by atoms with Gasteiger partial charge in [-0.25, -0.2) is 4.98 Å². The molecular formula is C12H11N3O4. The molecule has 2 aromatic rings. The van der Waals surface area contributed by atoms with Crippen LogP contribution in [0.25, 0.3) is 10.9 Å². The SMILES string of the molecule is CCC(=O)Cn1cnc2ccc([N+](=O)[O-])cc2c1=O. The minimum absolute atomic E-state index is 0.0685. The maximum absolute atomic E-state index is 12.1. The number of hydrogen-bond donors (Lipinski definition) is 0. The Morgan fingerprint density at radius 1 is 1.47 bits per heavy atom. The largest absolute Gasteiger partial charge is 0.298 e. The van der Waals surface area contributed by atoms with Crippen molar-refractivity contribution in [3.05, 3.63) is 45.0 Å². The number of non-ortho nitro benzene ring substituents is 1. The van der Waals surface area contributed by atoms with Gasteiger partial charge in [0.15, 0.2) is 5.78 Å². The number of nitro groups is 1. The number of hydrogen-bond acceptors (Lipinski definition) is 5. The molecule has 0 bridgehead atoms. The van der Waals surface area contributed by atoms with E-state index in [1.165, 1.54) is 24.5 Å². The third kappa shape index (κ3) is 2.49. The van der Waals surface area contributed by atoms with Gasteiger partial charge in [-0.3, -0.25) is 24.3 Å². The summed E-state index contributed by atoms with van der Waals surface area (Å²) in [5.41, 5.74) is -0.253. The van der Waals surface area contributed by atoms with Crippen LogP contribution >= 0.6 is 0 Å². The number of nitro benzene ring substituents is 1. The van der Waals surface area contributed by atoms with Gasteiger partial charge < -0.3 is 0 Å². The van der Waals surface area contributed by atoms with Crippen LogP contribution in [0.4, 0.5) is 5.69 Å². The number of ketones is 1. The van der Waals surface area contributed by atoms with E-state index in [4.69, 9.17) is 0 Å². The van der Waals surface area contributed by atoms with Crippen molar-refractivity contribution in [3.63, 3.8) is 0 Å². The average Bonchev–Trinajstić information content (AvgIpc) is 2.41. The molecule has 0 unspecified atom stereocenters. The van der Waals surface area contributed by atoms with Crippen LogP contribution in [0.1, 0.15) is 13.3 Å². The predicted molar refractivity (Wildman–Crippen MR) is 68.0 cm³/mol. The summed E-state index contributed by atoms with van der Waals surface area (Å²) in [6.45, 7) is 1.63. The van der Waals surface area contributed by atoms with E-state index < -0.39 is 10.5 Å². The summed E-state index contributed by atoms with van der Waals surface area (Å²) in [4.78, 5) is 37.6. The predicted octanol–water partition coefficient (Wildman–Crippen LogP) is 1.28. The monoisotopic (exact) mass is 261 g/mol. The van der Waals surface area contributed by atoms with E-state index in [0.717, 1.165) is 4.57 Å². The fourth-order valence-corrected chi connectivity index (χ4v) is 1.67. The first-order valence-electron chi connectivity index (χ1n) is 5.68. The number of benzene rings is 1. The zero-order valence-electron chi connectivity index (χ0n) is 10.2. The second-order valence-electron chi connectivity index (χ2n) is 4.03. The molecule has 0 fully saturated rings. The van der Waals surface area contributed by atoms with Crippen molar-refractivity contribution in [2.24, 2.45) is 0 Å². The molecule has 0 aliphatic carbocycles. The molecule has 19 heavy (non-hydrogen) atoms. The molecule has 7 nitrogen and oxygen atoms in total. The van der Waals surface area contributed by atoms with Gasteiger partial charge in [-0.05, 0) is 6.07 Å². The molecule has 0 saturated carbocycles. The number of aromatic nitrogens is 2. The van der Waals surface area contributed by atoms with Crippen LogP contribution in [0.5, 0.6) is 0 Å². The van der Waals surface area contributed by atoms with E-state index in [1.54, 1.807) is 6.92 Å². The van der Waals surface area contributed by atoms with Crippen LogP contribution < -0.4 is 5.56 Å². The second-order valence-corrected chi connectivity index (χ2v) is 4.03. The van der Waals surface area contributed by atoms with Crippen molar-refractivity contribution in [2.75, 3.05) is 0 Å². The van der Waals surface area contributed by atoms with Crippen molar-refractivity contribution < 1.29 is 9.72 Å². The minimum Gasteiger partial charge on any atom is -0.298 e.